The Morgan fingerprint density at radius 2 is 1.89 bits per heavy atom. The highest BCUT2D eigenvalue weighted by atomic mass is 32.2. The summed E-state index contributed by atoms with van der Waals surface area (Å²) in [6.07, 6.45) is 2.59. The molecule has 1 N–H and O–H groups in total. The Morgan fingerprint density at radius 3 is 2.51 bits per heavy atom. The summed E-state index contributed by atoms with van der Waals surface area (Å²) in [5, 5.41) is 0. The number of alkyl halides is 3. The highest BCUT2D eigenvalue weighted by Crippen LogP contribution is 2.46. The van der Waals surface area contributed by atoms with Crippen molar-refractivity contribution in [2.75, 3.05) is 6.61 Å². The maximum atomic E-state index is 14.1. The molecule has 0 fully saturated rings. The van der Waals surface area contributed by atoms with Crippen molar-refractivity contribution in [1.29, 1.82) is 0 Å². The van der Waals surface area contributed by atoms with E-state index in [1.165, 1.54) is 12.4 Å². The van der Waals surface area contributed by atoms with Crippen LogP contribution >= 0.6 is 0 Å². The second-order valence-electron chi connectivity index (χ2n) is 9.46. The Hall–Kier alpha value is -3.05. The first kappa shape index (κ1) is 27.0. The first-order valence-electron chi connectivity index (χ1n) is 11.8. The van der Waals surface area contributed by atoms with E-state index < -0.39 is 46.2 Å². The highest BCUT2D eigenvalue weighted by Gasteiger charge is 2.50. The van der Waals surface area contributed by atoms with Crippen molar-refractivity contribution in [2.24, 2.45) is 9.98 Å². The summed E-state index contributed by atoms with van der Waals surface area (Å²) in [5.74, 6) is -0.562. The Balaban J connectivity index is 1.63. The minimum absolute atomic E-state index is 0.0469. The van der Waals surface area contributed by atoms with Crippen molar-refractivity contribution in [2.45, 2.75) is 69.2 Å². The number of aliphatic imine (C=N–C) groups is 2. The van der Waals surface area contributed by atoms with Gasteiger partial charge in [0, 0.05) is 30.0 Å². The summed E-state index contributed by atoms with van der Waals surface area (Å²) in [5.41, 5.74) is 1.91. The third kappa shape index (κ3) is 5.06. The quantitative estimate of drug-likeness (QED) is 0.529. The van der Waals surface area contributed by atoms with Crippen LogP contribution in [0.2, 0.25) is 0 Å². The SMILES string of the molecule is CCOC(=O)C1=C2C=CC=C3C=NC(CC(NS(=O)(=O)c4c(C)cc(C)cc4C)C(F)(F)F)CC32N=C1. The molecule has 1 aromatic rings. The van der Waals surface area contributed by atoms with Crippen LogP contribution in [0.25, 0.3) is 0 Å². The van der Waals surface area contributed by atoms with Crippen LogP contribution in [0, 0.1) is 20.8 Å². The van der Waals surface area contributed by atoms with Crippen LogP contribution in [0.15, 0.2) is 62.0 Å². The number of ether oxygens (including phenoxy) is 1. The molecule has 0 bridgehead atoms. The number of allylic oxidation sites excluding steroid dienone is 2. The van der Waals surface area contributed by atoms with Gasteiger partial charge in [-0.2, -0.15) is 17.9 Å². The molecule has 2 heterocycles. The van der Waals surface area contributed by atoms with E-state index in [0.29, 0.717) is 22.3 Å². The number of aryl methyl sites for hydroxylation is 3. The molecule has 1 aromatic carbocycles. The molecule has 11 heteroatoms. The summed E-state index contributed by atoms with van der Waals surface area (Å²) in [6.45, 7) is 6.74. The number of hydrogen-bond acceptors (Lipinski definition) is 6. The van der Waals surface area contributed by atoms with E-state index in [0.717, 1.165) is 5.56 Å². The number of benzene rings is 1. The lowest BCUT2D eigenvalue weighted by molar-refractivity contribution is -0.153. The van der Waals surface area contributed by atoms with Crippen LogP contribution in [0.5, 0.6) is 0 Å². The fourth-order valence-corrected chi connectivity index (χ4v) is 6.95. The summed E-state index contributed by atoms with van der Waals surface area (Å²) >= 11 is 0. The molecule has 7 nitrogen and oxygen atoms in total. The van der Waals surface area contributed by atoms with Crippen molar-refractivity contribution in [3.63, 3.8) is 0 Å². The fourth-order valence-electron chi connectivity index (χ4n) is 5.26. The van der Waals surface area contributed by atoms with Gasteiger partial charge in [0.2, 0.25) is 10.0 Å². The minimum Gasteiger partial charge on any atom is -0.462 e. The number of esters is 1. The molecule has 0 radical (unpaired) electrons. The molecule has 2 aliphatic heterocycles. The van der Waals surface area contributed by atoms with E-state index in [1.807, 2.05) is 4.72 Å². The van der Waals surface area contributed by atoms with Gasteiger partial charge in [-0.25, -0.2) is 13.2 Å². The summed E-state index contributed by atoms with van der Waals surface area (Å²) < 4.78 is 75.7. The van der Waals surface area contributed by atoms with Crippen LogP contribution in [0.3, 0.4) is 0 Å². The fraction of sp³-hybridized carbons (Fsp3) is 0.423. The number of rotatable bonds is 7. The number of sulfonamides is 1. The van der Waals surface area contributed by atoms with Crippen LogP contribution in [0.1, 0.15) is 36.5 Å². The molecular formula is C26H28F3N3O4S. The van der Waals surface area contributed by atoms with E-state index >= 15 is 0 Å². The molecule has 1 aliphatic carbocycles. The normalized spacial score (nSPS) is 23.5. The van der Waals surface area contributed by atoms with Crippen molar-refractivity contribution in [1.82, 2.24) is 4.72 Å². The molecule has 1 spiro atoms. The molecule has 0 aromatic heterocycles. The molecule has 37 heavy (non-hydrogen) atoms. The molecule has 198 valence electrons. The predicted octanol–water partition coefficient (Wildman–Crippen LogP) is 4.23. The van der Waals surface area contributed by atoms with Gasteiger partial charge < -0.3 is 4.74 Å². The highest BCUT2D eigenvalue weighted by molar-refractivity contribution is 7.89. The largest absolute Gasteiger partial charge is 0.462 e. The van der Waals surface area contributed by atoms with Gasteiger partial charge in [0.15, 0.2) is 0 Å². The summed E-state index contributed by atoms with van der Waals surface area (Å²) in [6, 6.07) is -0.0477. The Labute approximate surface area is 214 Å². The third-order valence-electron chi connectivity index (χ3n) is 6.69. The van der Waals surface area contributed by atoms with Gasteiger partial charge in [0.25, 0.3) is 0 Å². The zero-order valence-electron chi connectivity index (χ0n) is 20.9. The van der Waals surface area contributed by atoms with Crippen molar-refractivity contribution in [3.05, 3.63) is 63.8 Å². The summed E-state index contributed by atoms with van der Waals surface area (Å²) in [4.78, 5) is 21.1. The average molecular weight is 536 g/mol. The van der Waals surface area contributed by atoms with Crippen LogP contribution in [-0.2, 0) is 19.6 Å². The van der Waals surface area contributed by atoms with Gasteiger partial charge in [0.05, 0.1) is 23.1 Å². The Morgan fingerprint density at radius 1 is 1.22 bits per heavy atom. The number of nitrogens with one attached hydrogen (secondary N) is 1. The zero-order valence-corrected chi connectivity index (χ0v) is 21.7. The molecule has 3 unspecified atom stereocenters. The van der Waals surface area contributed by atoms with E-state index in [2.05, 4.69) is 9.98 Å². The molecule has 4 rings (SSSR count). The number of hydrogen-bond donors (Lipinski definition) is 1. The van der Waals surface area contributed by atoms with Crippen LogP contribution in [-0.4, -0.2) is 57.2 Å². The number of nitrogens with zero attached hydrogens (tertiary/aromatic N) is 2. The second-order valence-corrected chi connectivity index (χ2v) is 11.1. The smallest absolute Gasteiger partial charge is 0.404 e. The van der Waals surface area contributed by atoms with E-state index in [1.54, 1.807) is 58.1 Å². The maximum absolute atomic E-state index is 14.1. The number of carbonyl (C=O) groups excluding carboxylic acids is 1. The van der Waals surface area contributed by atoms with Crippen molar-refractivity contribution in [3.8, 4) is 0 Å². The van der Waals surface area contributed by atoms with Gasteiger partial charge in [-0.15, -0.1) is 0 Å². The average Bonchev–Trinajstić information content (AvgIpc) is 3.15. The van der Waals surface area contributed by atoms with Gasteiger partial charge >= 0.3 is 12.1 Å². The Bertz CT molecular complexity index is 1370. The van der Waals surface area contributed by atoms with Crippen LogP contribution < -0.4 is 4.72 Å². The molecule has 0 saturated heterocycles. The topological polar surface area (TPSA) is 97.2 Å². The molecular weight excluding hydrogens is 507 g/mol. The monoisotopic (exact) mass is 535 g/mol. The van der Waals surface area contributed by atoms with Gasteiger partial charge in [-0.05, 0) is 45.2 Å². The van der Waals surface area contributed by atoms with E-state index in [4.69, 9.17) is 4.74 Å². The van der Waals surface area contributed by atoms with E-state index in [-0.39, 0.29) is 23.5 Å². The maximum Gasteiger partial charge on any atom is 0.404 e. The number of halogens is 3. The predicted molar refractivity (Wildman–Crippen MR) is 134 cm³/mol. The van der Waals surface area contributed by atoms with Gasteiger partial charge in [0.1, 0.15) is 11.6 Å². The lowest BCUT2D eigenvalue weighted by Crippen LogP contribution is -2.49. The van der Waals surface area contributed by atoms with Crippen LogP contribution in [0.4, 0.5) is 13.2 Å². The zero-order chi connectivity index (χ0) is 27.2. The van der Waals surface area contributed by atoms with Gasteiger partial charge in [-0.3, -0.25) is 9.98 Å². The first-order chi connectivity index (χ1) is 17.3. The van der Waals surface area contributed by atoms with E-state index in [9.17, 15) is 26.4 Å². The molecule has 0 saturated carbocycles. The standard InChI is InChI=1S/C26H28F3N3O4S/c1-5-36-24(33)20-14-31-25-12-19(30-13-18(25)7-6-8-21(20)25)11-22(26(27,28)29)32-37(34,35)23-16(3)9-15(2)10-17(23)4/h6-10,13-14,19,22,32H,5,11-12H2,1-4H3. The number of carbonyl (C=O) groups is 1. The Kier molecular flexibility index (Phi) is 7.06. The molecule has 0 amide bonds. The minimum atomic E-state index is -4.86. The van der Waals surface area contributed by atoms with Gasteiger partial charge in [-0.1, -0.05) is 35.9 Å². The molecule has 3 atom stereocenters. The summed E-state index contributed by atoms with van der Waals surface area (Å²) in [7, 11) is -4.48. The first-order valence-corrected chi connectivity index (χ1v) is 13.3. The second kappa shape index (κ2) is 9.68. The van der Waals surface area contributed by atoms with Crippen molar-refractivity contribution >= 4 is 28.4 Å². The lowest BCUT2D eigenvalue weighted by Gasteiger charge is -2.38. The molecule has 3 aliphatic rings. The lowest BCUT2D eigenvalue weighted by atomic mass is 9.73. The third-order valence-corrected chi connectivity index (χ3v) is 8.47. The van der Waals surface area contributed by atoms with Crippen molar-refractivity contribution < 1.29 is 31.1 Å².